The number of amides is 3. The number of hydrogen-bond donors (Lipinski definition) is 1. The van der Waals surface area contributed by atoms with E-state index in [0.717, 1.165) is 18.4 Å². The van der Waals surface area contributed by atoms with Crippen molar-refractivity contribution in [3.8, 4) is 5.75 Å². The SMILES string of the molecule is CCNC(=O)N(CC(=O)N1CCc2sccc2C1COc1cccc(F)c1)C(C)CC. The van der Waals surface area contributed by atoms with E-state index < -0.39 is 0 Å². The fourth-order valence-electron chi connectivity index (χ4n) is 3.74. The Hall–Kier alpha value is -2.61. The largest absolute Gasteiger partial charge is 0.491 e. The van der Waals surface area contributed by atoms with Crippen molar-refractivity contribution in [1.82, 2.24) is 15.1 Å². The van der Waals surface area contributed by atoms with Crippen molar-refractivity contribution in [2.45, 2.75) is 45.7 Å². The summed E-state index contributed by atoms with van der Waals surface area (Å²) >= 11 is 1.67. The number of fused-ring (bicyclic) bond motifs is 1. The summed E-state index contributed by atoms with van der Waals surface area (Å²) in [7, 11) is 0. The highest BCUT2D eigenvalue weighted by Gasteiger charge is 2.34. The zero-order valence-corrected chi connectivity index (χ0v) is 19.1. The molecule has 2 heterocycles. The molecule has 1 aliphatic rings. The van der Waals surface area contributed by atoms with E-state index in [-0.39, 0.29) is 43.0 Å². The van der Waals surface area contributed by atoms with Gasteiger partial charge in [0.15, 0.2) is 0 Å². The van der Waals surface area contributed by atoms with Crippen molar-refractivity contribution in [3.63, 3.8) is 0 Å². The summed E-state index contributed by atoms with van der Waals surface area (Å²) in [5.74, 6) is -0.0500. The monoisotopic (exact) mass is 447 g/mol. The first-order chi connectivity index (χ1) is 14.9. The van der Waals surface area contributed by atoms with Crippen LogP contribution in [0.25, 0.3) is 0 Å². The van der Waals surface area contributed by atoms with Gasteiger partial charge in [0.1, 0.15) is 24.7 Å². The Balaban J connectivity index is 1.78. The Morgan fingerprint density at radius 1 is 1.35 bits per heavy atom. The van der Waals surface area contributed by atoms with Crippen molar-refractivity contribution in [1.29, 1.82) is 0 Å². The summed E-state index contributed by atoms with van der Waals surface area (Å²) in [4.78, 5) is 30.5. The van der Waals surface area contributed by atoms with Gasteiger partial charge in [0.2, 0.25) is 5.91 Å². The molecular formula is C23H30FN3O3S. The topological polar surface area (TPSA) is 61.9 Å². The van der Waals surface area contributed by atoms with E-state index in [0.29, 0.717) is 18.8 Å². The number of carbonyl (C=O) groups is 2. The van der Waals surface area contributed by atoms with Crippen molar-refractivity contribution in [3.05, 3.63) is 52.0 Å². The van der Waals surface area contributed by atoms with E-state index in [4.69, 9.17) is 4.74 Å². The number of thiophene rings is 1. The predicted octanol–water partition coefficient (Wildman–Crippen LogP) is 4.22. The van der Waals surface area contributed by atoms with Crippen LogP contribution in [0.4, 0.5) is 9.18 Å². The fraction of sp³-hybridized carbons (Fsp3) is 0.478. The van der Waals surface area contributed by atoms with Crippen molar-refractivity contribution >= 4 is 23.3 Å². The van der Waals surface area contributed by atoms with E-state index in [1.807, 2.05) is 32.2 Å². The minimum atomic E-state index is -0.364. The first kappa shape index (κ1) is 23.1. The molecule has 8 heteroatoms. The lowest BCUT2D eigenvalue weighted by atomic mass is 10.00. The van der Waals surface area contributed by atoms with Gasteiger partial charge in [0.05, 0.1) is 6.04 Å². The molecule has 6 nitrogen and oxygen atoms in total. The number of rotatable bonds is 8. The van der Waals surface area contributed by atoms with E-state index >= 15 is 0 Å². The zero-order chi connectivity index (χ0) is 22.4. The maximum Gasteiger partial charge on any atom is 0.318 e. The molecule has 2 unspecified atom stereocenters. The Kier molecular flexibility index (Phi) is 7.90. The number of benzene rings is 1. The number of ether oxygens (including phenoxy) is 1. The number of carbonyl (C=O) groups excluding carboxylic acids is 2. The van der Waals surface area contributed by atoms with E-state index in [9.17, 15) is 14.0 Å². The molecular weight excluding hydrogens is 417 g/mol. The molecule has 2 aromatic rings. The lowest BCUT2D eigenvalue weighted by Gasteiger charge is -2.38. The van der Waals surface area contributed by atoms with Crippen LogP contribution in [-0.2, 0) is 11.2 Å². The third kappa shape index (κ3) is 5.55. The first-order valence-corrected chi connectivity index (χ1v) is 11.6. The number of halogens is 1. The van der Waals surface area contributed by atoms with E-state index in [2.05, 4.69) is 5.32 Å². The Morgan fingerprint density at radius 3 is 2.87 bits per heavy atom. The zero-order valence-electron chi connectivity index (χ0n) is 18.3. The molecule has 2 atom stereocenters. The van der Waals surface area contributed by atoms with Crippen LogP contribution in [0.2, 0.25) is 0 Å². The lowest BCUT2D eigenvalue weighted by molar-refractivity contribution is -0.135. The van der Waals surface area contributed by atoms with Crippen molar-refractivity contribution < 1.29 is 18.7 Å². The van der Waals surface area contributed by atoms with Crippen molar-refractivity contribution in [2.24, 2.45) is 0 Å². The van der Waals surface area contributed by atoms with E-state index in [1.54, 1.807) is 33.3 Å². The van der Waals surface area contributed by atoms with Crippen LogP contribution in [0.1, 0.15) is 43.7 Å². The highest BCUT2D eigenvalue weighted by molar-refractivity contribution is 7.10. The standard InChI is InChI=1S/C23H30FN3O3S/c1-4-16(3)27(23(29)25-5-2)14-22(28)26-11-9-21-19(10-12-31-21)20(26)15-30-18-8-6-7-17(24)13-18/h6-8,10,12-13,16,20H,4-5,9,11,14-15H2,1-3H3,(H,25,29). The molecule has 0 saturated heterocycles. The molecule has 0 aliphatic carbocycles. The van der Waals surface area contributed by atoms with Gasteiger partial charge in [-0.25, -0.2) is 9.18 Å². The Morgan fingerprint density at radius 2 is 2.16 bits per heavy atom. The maximum atomic E-state index is 13.5. The minimum Gasteiger partial charge on any atom is -0.491 e. The van der Waals surface area contributed by atoms with Crippen LogP contribution in [0, 0.1) is 5.82 Å². The lowest BCUT2D eigenvalue weighted by Crippen LogP contribution is -2.52. The van der Waals surface area contributed by atoms with Crippen LogP contribution in [-0.4, -0.2) is 54.0 Å². The van der Waals surface area contributed by atoms with Crippen LogP contribution in [0.5, 0.6) is 5.75 Å². The third-order valence-corrected chi connectivity index (χ3v) is 6.63. The molecule has 1 aromatic carbocycles. The second kappa shape index (κ2) is 10.6. The van der Waals surface area contributed by atoms with Gasteiger partial charge < -0.3 is 19.9 Å². The molecule has 0 fully saturated rings. The molecule has 1 N–H and O–H groups in total. The number of nitrogens with one attached hydrogen (secondary N) is 1. The Bertz CT molecular complexity index is 904. The van der Waals surface area contributed by atoms with Gasteiger partial charge in [0, 0.05) is 30.1 Å². The highest BCUT2D eigenvalue weighted by Crippen LogP contribution is 2.34. The minimum absolute atomic E-state index is 0.0107. The summed E-state index contributed by atoms with van der Waals surface area (Å²) in [6, 6.07) is 7.46. The molecule has 3 amide bonds. The normalized spacial score (nSPS) is 16.4. The van der Waals surface area contributed by atoms with Gasteiger partial charge in [-0.1, -0.05) is 13.0 Å². The second-order valence-electron chi connectivity index (χ2n) is 7.64. The van der Waals surface area contributed by atoms with Gasteiger partial charge in [-0.15, -0.1) is 11.3 Å². The predicted molar refractivity (Wildman–Crippen MR) is 120 cm³/mol. The summed E-state index contributed by atoms with van der Waals surface area (Å²) in [6.45, 7) is 7.10. The molecule has 1 aliphatic heterocycles. The van der Waals surface area contributed by atoms with Gasteiger partial charge in [-0.05, 0) is 55.8 Å². The molecule has 31 heavy (non-hydrogen) atoms. The fourth-order valence-corrected chi connectivity index (χ4v) is 4.67. The smallest absolute Gasteiger partial charge is 0.318 e. The van der Waals surface area contributed by atoms with Gasteiger partial charge >= 0.3 is 6.03 Å². The van der Waals surface area contributed by atoms with Gasteiger partial charge in [0.25, 0.3) is 0 Å². The molecule has 0 saturated carbocycles. The van der Waals surface area contributed by atoms with Crippen LogP contribution in [0.3, 0.4) is 0 Å². The third-order valence-electron chi connectivity index (χ3n) is 5.64. The molecule has 1 aromatic heterocycles. The van der Waals surface area contributed by atoms with Gasteiger partial charge in [-0.3, -0.25) is 4.79 Å². The molecule has 168 valence electrons. The van der Waals surface area contributed by atoms with Crippen molar-refractivity contribution in [2.75, 3.05) is 26.2 Å². The summed E-state index contributed by atoms with van der Waals surface area (Å²) in [5, 5.41) is 4.82. The number of nitrogens with zero attached hydrogens (tertiary/aromatic N) is 2. The van der Waals surface area contributed by atoms with Crippen LogP contribution >= 0.6 is 11.3 Å². The highest BCUT2D eigenvalue weighted by atomic mass is 32.1. The average Bonchev–Trinajstić information content (AvgIpc) is 3.24. The summed E-state index contributed by atoms with van der Waals surface area (Å²) in [6.07, 6.45) is 1.53. The summed E-state index contributed by atoms with van der Waals surface area (Å²) in [5.41, 5.74) is 1.06. The molecule has 0 spiro atoms. The Labute approximate surface area is 187 Å². The summed E-state index contributed by atoms with van der Waals surface area (Å²) < 4.78 is 19.4. The first-order valence-electron chi connectivity index (χ1n) is 10.7. The molecule has 3 rings (SSSR count). The number of hydrogen-bond acceptors (Lipinski definition) is 4. The average molecular weight is 448 g/mol. The molecule has 0 radical (unpaired) electrons. The maximum absolute atomic E-state index is 13.5. The van der Waals surface area contributed by atoms with Crippen LogP contribution < -0.4 is 10.1 Å². The quantitative estimate of drug-likeness (QED) is 0.659. The van der Waals surface area contributed by atoms with Gasteiger partial charge in [-0.2, -0.15) is 0 Å². The number of urea groups is 1. The van der Waals surface area contributed by atoms with Crippen LogP contribution in [0.15, 0.2) is 35.7 Å². The van der Waals surface area contributed by atoms with E-state index in [1.165, 1.54) is 17.0 Å². The molecule has 0 bridgehead atoms. The second-order valence-corrected chi connectivity index (χ2v) is 8.64.